The minimum absolute atomic E-state index is 0.0560. The molecular weight excluding hydrogens is 310 g/mol. The number of hydrogen-bond donors (Lipinski definition) is 1. The molecule has 0 bridgehead atoms. The number of Topliss-reactive ketones (excluding diaryl/α,β-unsaturated/α-hetero) is 1. The molecule has 0 fully saturated rings. The summed E-state index contributed by atoms with van der Waals surface area (Å²) in [6, 6.07) is 0. The van der Waals surface area contributed by atoms with Gasteiger partial charge in [-0.3, -0.25) is 9.48 Å². The minimum Gasteiger partial charge on any atom is -0.383 e. The number of aromatic nitrogens is 2. The summed E-state index contributed by atoms with van der Waals surface area (Å²) < 4.78 is 7.44. The van der Waals surface area contributed by atoms with Gasteiger partial charge in [0.1, 0.15) is 5.69 Å². The molecule has 0 aromatic carbocycles. The molecule has 1 heterocycles. The Morgan fingerprint density at radius 1 is 1.53 bits per heavy atom. The SMILES string of the molecule is CCC(CC)(CN)C(=O)c1c(Br)cnn1CCOC. The number of carbonyl (C=O) groups is 1. The highest BCUT2D eigenvalue weighted by atomic mass is 79.9. The predicted molar refractivity (Wildman–Crippen MR) is 78.2 cm³/mol. The molecule has 0 aliphatic rings. The van der Waals surface area contributed by atoms with E-state index in [0.717, 1.165) is 12.8 Å². The maximum atomic E-state index is 12.8. The summed E-state index contributed by atoms with van der Waals surface area (Å²) in [7, 11) is 1.63. The average molecular weight is 332 g/mol. The number of hydrogen-bond acceptors (Lipinski definition) is 4. The zero-order chi connectivity index (χ0) is 14.5. The first-order valence-electron chi connectivity index (χ1n) is 6.51. The molecule has 19 heavy (non-hydrogen) atoms. The van der Waals surface area contributed by atoms with Crippen molar-refractivity contribution < 1.29 is 9.53 Å². The van der Waals surface area contributed by atoms with E-state index in [1.54, 1.807) is 18.0 Å². The van der Waals surface area contributed by atoms with Crippen molar-refractivity contribution in [1.82, 2.24) is 9.78 Å². The van der Waals surface area contributed by atoms with E-state index in [4.69, 9.17) is 10.5 Å². The Kier molecular flexibility index (Phi) is 6.16. The van der Waals surface area contributed by atoms with Crippen molar-refractivity contribution in [3.63, 3.8) is 0 Å². The highest BCUT2D eigenvalue weighted by Crippen LogP contribution is 2.32. The van der Waals surface area contributed by atoms with Crippen molar-refractivity contribution in [2.24, 2.45) is 11.1 Å². The predicted octanol–water partition coefficient (Wildman–Crippen LogP) is 2.24. The van der Waals surface area contributed by atoms with Crippen molar-refractivity contribution in [3.05, 3.63) is 16.4 Å². The van der Waals surface area contributed by atoms with Crippen LogP contribution in [0.5, 0.6) is 0 Å². The molecule has 0 aliphatic carbocycles. The molecule has 1 aromatic heterocycles. The van der Waals surface area contributed by atoms with Gasteiger partial charge < -0.3 is 10.5 Å². The molecule has 0 amide bonds. The molecule has 5 nitrogen and oxygen atoms in total. The van der Waals surface area contributed by atoms with E-state index in [-0.39, 0.29) is 5.78 Å². The van der Waals surface area contributed by atoms with Gasteiger partial charge in [0.15, 0.2) is 5.78 Å². The Morgan fingerprint density at radius 2 is 2.16 bits per heavy atom. The molecule has 0 atom stereocenters. The van der Waals surface area contributed by atoms with E-state index in [2.05, 4.69) is 21.0 Å². The number of carbonyl (C=O) groups excluding carboxylic acids is 1. The van der Waals surface area contributed by atoms with Gasteiger partial charge >= 0.3 is 0 Å². The number of rotatable bonds is 8. The molecule has 0 unspecified atom stereocenters. The summed E-state index contributed by atoms with van der Waals surface area (Å²) in [4.78, 5) is 12.8. The standard InChI is InChI=1S/C13H22BrN3O2/c1-4-13(5-2,9-15)12(18)11-10(14)8-16-17(11)6-7-19-3/h8H,4-7,9,15H2,1-3H3. The Bertz CT molecular complexity index is 419. The summed E-state index contributed by atoms with van der Waals surface area (Å²) >= 11 is 3.40. The lowest BCUT2D eigenvalue weighted by Gasteiger charge is -2.28. The van der Waals surface area contributed by atoms with E-state index in [0.29, 0.717) is 29.9 Å². The van der Waals surface area contributed by atoms with E-state index >= 15 is 0 Å². The number of nitrogens with zero attached hydrogens (tertiary/aromatic N) is 2. The summed E-state index contributed by atoms with van der Waals surface area (Å²) in [6.45, 7) is 5.41. The second kappa shape index (κ2) is 7.17. The second-order valence-corrected chi connectivity index (χ2v) is 5.43. The summed E-state index contributed by atoms with van der Waals surface area (Å²) in [5, 5.41) is 4.22. The van der Waals surface area contributed by atoms with Crippen LogP contribution in [0.3, 0.4) is 0 Å². The van der Waals surface area contributed by atoms with Crippen LogP contribution in [0.15, 0.2) is 10.7 Å². The van der Waals surface area contributed by atoms with E-state index in [1.165, 1.54) is 0 Å². The van der Waals surface area contributed by atoms with Crippen molar-refractivity contribution in [1.29, 1.82) is 0 Å². The fourth-order valence-corrected chi connectivity index (χ4v) is 2.62. The first-order valence-corrected chi connectivity index (χ1v) is 7.30. The maximum Gasteiger partial charge on any atom is 0.189 e. The van der Waals surface area contributed by atoms with Gasteiger partial charge in [0, 0.05) is 19.1 Å². The van der Waals surface area contributed by atoms with Gasteiger partial charge in [0.05, 0.1) is 23.8 Å². The molecule has 0 radical (unpaired) electrons. The van der Waals surface area contributed by atoms with Crippen molar-refractivity contribution in [2.45, 2.75) is 33.2 Å². The van der Waals surface area contributed by atoms with Crippen LogP contribution in [0.2, 0.25) is 0 Å². The fraction of sp³-hybridized carbons (Fsp3) is 0.692. The van der Waals surface area contributed by atoms with Crippen LogP contribution in [0.25, 0.3) is 0 Å². The minimum atomic E-state index is -0.507. The first kappa shape index (κ1) is 16.3. The maximum absolute atomic E-state index is 12.8. The van der Waals surface area contributed by atoms with Crippen molar-refractivity contribution >= 4 is 21.7 Å². The van der Waals surface area contributed by atoms with E-state index in [9.17, 15) is 4.79 Å². The zero-order valence-electron chi connectivity index (χ0n) is 11.8. The lowest BCUT2D eigenvalue weighted by Crippen LogP contribution is -2.39. The normalized spacial score (nSPS) is 11.8. The summed E-state index contributed by atoms with van der Waals surface area (Å²) in [6.07, 6.45) is 3.09. The third kappa shape index (κ3) is 3.24. The van der Waals surface area contributed by atoms with Crippen LogP contribution in [0.1, 0.15) is 37.2 Å². The van der Waals surface area contributed by atoms with Gasteiger partial charge in [-0.2, -0.15) is 5.10 Å². The fourth-order valence-electron chi connectivity index (χ4n) is 2.14. The Morgan fingerprint density at radius 3 is 2.63 bits per heavy atom. The van der Waals surface area contributed by atoms with Gasteiger partial charge in [-0.25, -0.2) is 0 Å². The molecule has 1 rings (SSSR count). The number of ketones is 1. The Balaban J connectivity index is 3.13. The van der Waals surface area contributed by atoms with Crippen LogP contribution in [0.4, 0.5) is 0 Å². The van der Waals surface area contributed by atoms with Crippen molar-refractivity contribution in [2.75, 3.05) is 20.3 Å². The van der Waals surface area contributed by atoms with Crippen LogP contribution in [0, 0.1) is 5.41 Å². The zero-order valence-corrected chi connectivity index (χ0v) is 13.4. The second-order valence-electron chi connectivity index (χ2n) is 4.58. The number of ether oxygens (including phenoxy) is 1. The Hall–Kier alpha value is -0.720. The van der Waals surface area contributed by atoms with Gasteiger partial charge in [-0.05, 0) is 28.8 Å². The molecule has 108 valence electrons. The van der Waals surface area contributed by atoms with Gasteiger partial charge in [-0.15, -0.1) is 0 Å². The highest BCUT2D eigenvalue weighted by molar-refractivity contribution is 9.10. The van der Waals surface area contributed by atoms with Gasteiger partial charge in [0.2, 0.25) is 0 Å². The van der Waals surface area contributed by atoms with E-state index < -0.39 is 5.41 Å². The lowest BCUT2D eigenvalue weighted by atomic mass is 9.77. The van der Waals surface area contributed by atoms with Crippen LogP contribution < -0.4 is 5.73 Å². The topological polar surface area (TPSA) is 70.1 Å². The molecule has 6 heteroatoms. The molecule has 0 spiro atoms. The van der Waals surface area contributed by atoms with Crippen LogP contribution in [-0.2, 0) is 11.3 Å². The third-order valence-corrected chi connectivity index (χ3v) is 4.32. The summed E-state index contributed by atoms with van der Waals surface area (Å²) in [5.74, 6) is 0.0560. The molecule has 2 N–H and O–H groups in total. The average Bonchev–Trinajstić information content (AvgIpc) is 2.79. The number of methoxy groups -OCH3 is 1. The highest BCUT2D eigenvalue weighted by Gasteiger charge is 2.37. The number of nitrogens with two attached hydrogens (primary N) is 1. The summed E-state index contributed by atoms with van der Waals surface area (Å²) in [5.41, 5.74) is 5.93. The van der Waals surface area contributed by atoms with Gasteiger partial charge in [-0.1, -0.05) is 13.8 Å². The lowest BCUT2D eigenvalue weighted by molar-refractivity contribution is 0.0771. The molecule has 0 aliphatic heterocycles. The molecule has 0 saturated carbocycles. The quantitative estimate of drug-likeness (QED) is 0.741. The van der Waals surface area contributed by atoms with Gasteiger partial charge in [0.25, 0.3) is 0 Å². The number of halogens is 1. The molecule has 1 aromatic rings. The Labute approximate surface area is 122 Å². The molecule has 0 saturated heterocycles. The first-order chi connectivity index (χ1) is 9.06. The third-order valence-electron chi connectivity index (χ3n) is 3.74. The van der Waals surface area contributed by atoms with Crippen molar-refractivity contribution in [3.8, 4) is 0 Å². The van der Waals surface area contributed by atoms with Crippen LogP contribution >= 0.6 is 15.9 Å². The monoisotopic (exact) mass is 331 g/mol. The smallest absolute Gasteiger partial charge is 0.189 e. The largest absolute Gasteiger partial charge is 0.383 e. The molecular formula is C13H22BrN3O2. The van der Waals surface area contributed by atoms with E-state index in [1.807, 2.05) is 13.8 Å². The van der Waals surface area contributed by atoms with Crippen LogP contribution in [-0.4, -0.2) is 35.8 Å².